The van der Waals surface area contributed by atoms with Crippen LogP contribution < -0.4 is 4.74 Å². The van der Waals surface area contributed by atoms with Crippen molar-refractivity contribution >= 4 is 6.09 Å². The largest absolute Gasteiger partial charge is 0.461 e. The molecule has 2 heterocycles. The summed E-state index contributed by atoms with van der Waals surface area (Å²) in [5.41, 5.74) is 1.26. The molecule has 1 fully saturated rings. The molecule has 1 aromatic rings. The van der Waals surface area contributed by atoms with Crippen molar-refractivity contribution < 1.29 is 14.3 Å². The molecule has 1 aliphatic heterocycles. The number of aromatic nitrogens is 2. The van der Waals surface area contributed by atoms with E-state index in [1.807, 2.05) is 40.7 Å². The molecule has 0 unspecified atom stereocenters. The van der Waals surface area contributed by atoms with Crippen molar-refractivity contribution in [3.05, 3.63) is 17.5 Å². The van der Waals surface area contributed by atoms with E-state index >= 15 is 0 Å². The summed E-state index contributed by atoms with van der Waals surface area (Å²) in [7, 11) is 0. The number of piperidine rings is 1. The van der Waals surface area contributed by atoms with Crippen molar-refractivity contribution in [3.63, 3.8) is 0 Å². The molecule has 0 radical (unpaired) electrons. The van der Waals surface area contributed by atoms with Gasteiger partial charge in [-0.15, -0.1) is 0 Å². The van der Waals surface area contributed by atoms with E-state index in [0.717, 1.165) is 30.7 Å². The molecule has 0 aliphatic carbocycles. The lowest BCUT2D eigenvalue weighted by molar-refractivity contribution is 0.00303. The topological polar surface area (TPSA) is 64.5 Å². The summed E-state index contributed by atoms with van der Waals surface area (Å²) in [5, 5.41) is 0. The summed E-state index contributed by atoms with van der Waals surface area (Å²) in [4.78, 5) is 22.7. The van der Waals surface area contributed by atoms with Crippen LogP contribution in [0.15, 0.2) is 6.07 Å². The van der Waals surface area contributed by atoms with Crippen LogP contribution in [0.25, 0.3) is 0 Å². The molecular formula is C17H27N3O3. The van der Waals surface area contributed by atoms with Crippen LogP contribution in [0, 0.1) is 13.8 Å². The number of carbonyl (C=O) groups excluding carboxylic acids is 1. The molecule has 0 aromatic carbocycles. The van der Waals surface area contributed by atoms with E-state index in [1.54, 1.807) is 4.90 Å². The van der Waals surface area contributed by atoms with E-state index < -0.39 is 5.60 Å². The van der Waals surface area contributed by atoms with Crippen LogP contribution >= 0.6 is 0 Å². The Hall–Kier alpha value is -1.85. The molecule has 1 saturated heterocycles. The highest BCUT2D eigenvalue weighted by atomic mass is 16.6. The number of hydrogen-bond acceptors (Lipinski definition) is 5. The van der Waals surface area contributed by atoms with E-state index in [2.05, 4.69) is 9.97 Å². The number of nitrogens with zero attached hydrogens (tertiary/aromatic N) is 3. The van der Waals surface area contributed by atoms with Crippen molar-refractivity contribution in [2.45, 2.75) is 65.5 Å². The first kappa shape index (κ1) is 17.5. The second-order valence-electron chi connectivity index (χ2n) is 7.07. The molecule has 1 aliphatic rings. The second kappa shape index (κ2) is 7.15. The Labute approximate surface area is 138 Å². The summed E-state index contributed by atoms with van der Waals surface area (Å²) < 4.78 is 11.2. The van der Waals surface area contributed by atoms with Gasteiger partial charge in [0.2, 0.25) is 0 Å². The van der Waals surface area contributed by atoms with Crippen LogP contribution in [0.1, 0.15) is 51.4 Å². The van der Waals surface area contributed by atoms with Gasteiger partial charge in [-0.25, -0.2) is 14.8 Å². The zero-order valence-electron chi connectivity index (χ0n) is 14.8. The molecule has 0 spiro atoms. The standard InChI is InChI=1S/C17H27N3O3/c1-12-10-13(2)19-15(18-12)22-11-14-8-6-7-9-20(14)16(21)23-17(3,4)5/h10,14H,6-9,11H2,1-5H3/t14-/m0/s1. The Kier molecular flexibility index (Phi) is 5.44. The third-order valence-electron chi connectivity index (χ3n) is 3.62. The SMILES string of the molecule is Cc1cc(C)nc(OC[C@@H]2CCCCN2C(=O)OC(C)(C)C)n1. The van der Waals surface area contributed by atoms with Crippen molar-refractivity contribution in [2.24, 2.45) is 0 Å². The molecule has 1 atom stereocenters. The lowest BCUT2D eigenvalue weighted by Gasteiger charge is -2.36. The van der Waals surface area contributed by atoms with E-state index in [0.29, 0.717) is 19.2 Å². The van der Waals surface area contributed by atoms with Gasteiger partial charge in [-0.05, 0) is 59.9 Å². The highest BCUT2D eigenvalue weighted by Gasteiger charge is 2.31. The van der Waals surface area contributed by atoms with Gasteiger partial charge in [0.25, 0.3) is 0 Å². The summed E-state index contributed by atoms with van der Waals surface area (Å²) in [5.74, 6) is 0. The minimum absolute atomic E-state index is 0.00279. The molecule has 2 rings (SSSR count). The van der Waals surface area contributed by atoms with Crippen LogP contribution in [0.4, 0.5) is 4.79 Å². The Morgan fingerprint density at radius 1 is 1.26 bits per heavy atom. The molecular weight excluding hydrogens is 294 g/mol. The fourth-order valence-corrected chi connectivity index (χ4v) is 2.66. The molecule has 6 nitrogen and oxygen atoms in total. The quantitative estimate of drug-likeness (QED) is 0.855. The Balaban J connectivity index is 1.99. The Morgan fingerprint density at radius 2 is 1.91 bits per heavy atom. The average molecular weight is 321 g/mol. The van der Waals surface area contributed by atoms with Gasteiger partial charge in [-0.2, -0.15) is 0 Å². The minimum atomic E-state index is -0.489. The fraction of sp³-hybridized carbons (Fsp3) is 0.706. The summed E-state index contributed by atoms with van der Waals surface area (Å²) >= 11 is 0. The van der Waals surface area contributed by atoms with Crippen molar-refractivity contribution in [1.29, 1.82) is 0 Å². The third-order valence-corrected chi connectivity index (χ3v) is 3.62. The van der Waals surface area contributed by atoms with E-state index in [4.69, 9.17) is 9.47 Å². The number of likely N-dealkylation sites (tertiary alicyclic amines) is 1. The molecule has 23 heavy (non-hydrogen) atoms. The van der Waals surface area contributed by atoms with Crippen molar-refractivity contribution in [2.75, 3.05) is 13.2 Å². The lowest BCUT2D eigenvalue weighted by atomic mass is 10.0. The van der Waals surface area contributed by atoms with Crippen molar-refractivity contribution in [3.8, 4) is 6.01 Å². The Morgan fingerprint density at radius 3 is 2.52 bits per heavy atom. The van der Waals surface area contributed by atoms with Crippen molar-refractivity contribution in [1.82, 2.24) is 14.9 Å². The molecule has 6 heteroatoms. The number of carbonyl (C=O) groups is 1. The fourth-order valence-electron chi connectivity index (χ4n) is 2.66. The van der Waals surface area contributed by atoms with Crippen LogP contribution in [0.3, 0.4) is 0 Å². The lowest BCUT2D eigenvalue weighted by Crippen LogP contribution is -2.48. The van der Waals surface area contributed by atoms with Gasteiger partial charge in [0.1, 0.15) is 12.2 Å². The zero-order chi connectivity index (χ0) is 17.0. The first-order valence-electron chi connectivity index (χ1n) is 8.19. The molecule has 0 saturated carbocycles. The second-order valence-corrected chi connectivity index (χ2v) is 7.07. The maximum absolute atomic E-state index is 12.4. The summed E-state index contributed by atoms with van der Waals surface area (Å²) in [6, 6.07) is 2.28. The normalized spacial score (nSPS) is 18.7. The predicted molar refractivity (Wildman–Crippen MR) is 87.6 cm³/mol. The first-order chi connectivity index (χ1) is 10.7. The van der Waals surface area contributed by atoms with Crippen LogP contribution in [-0.4, -0.2) is 45.8 Å². The average Bonchev–Trinajstić information content (AvgIpc) is 2.42. The van der Waals surface area contributed by atoms with Gasteiger partial charge in [-0.1, -0.05) is 0 Å². The van der Waals surface area contributed by atoms with E-state index in [-0.39, 0.29) is 12.1 Å². The Bertz CT molecular complexity index is 534. The van der Waals surface area contributed by atoms with Gasteiger partial charge in [-0.3, -0.25) is 0 Å². The van der Waals surface area contributed by atoms with Crippen LogP contribution in [0.5, 0.6) is 6.01 Å². The predicted octanol–water partition coefficient (Wildman–Crippen LogP) is 3.26. The first-order valence-corrected chi connectivity index (χ1v) is 8.19. The van der Waals surface area contributed by atoms with E-state index in [1.165, 1.54) is 0 Å². The van der Waals surface area contributed by atoms with Crippen LogP contribution in [-0.2, 0) is 4.74 Å². The molecule has 0 N–H and O–H groups in total. The summed E-state index contributed by atoms with van der Waals surface area (Å²) in [6.07, 6.45) is 2.72. The van der Waals surface area contributed by atoms with Crippen LogP contribution in [0.2, 0.25) is 0 Å². The monoisotopic (exact) mass is 321 g/mol. The number of rotatable bonds is 3. The maximum atomic E-state index is 12.4. The highest BCUT2D eigenvalue weighted by Crippen LogP contribution is 2.21. The minimum Gasteiger partial charge on any atom is -0.461 e. The van der Waals surface area contributed by atoms with Gasteiger partial charge in [0.15, 0.2) is 0 Å². The number of amides is 1. The van der Waals surface area contributed by atoms with Gasteiger partial charge >= 0.3 is 12.1 Å². The molecule has 1 aromatic heterocycles. The zero-order valence-corrected chi connectivity index (χ0v) is 14.8. The van der Waals surface area contributed by atoms with Gasteiger partial charge < -0.3 is 14.4 Å². The number of aryl methyl sites for hydroxylation is 2. The van der Waals surface area contributed by atoms with Gasteiger partial charge in [0, 0.05) is 17.9 Å². The number of ether oxygens (including phenoxy) is 2. The molecule has 128 valence electrons. The van der Waals surface area contributed by atoms with E-state index in [9.17, 15) is 4.79 Å². The maximum Gasteiger partial charge on any atom is 0.410 e. The summed E-state index contributed by atoms with van der Waals surface area (Å²) in [6.45, 7) is 10.6. The third kappa shape index (κ3) is 5.37. The molecule has 0 bridgehead atoms. The molecule has 1 amide bonds. The highest BCUT2D eigenvalue weighted by molar-refractivity contribution is 5.68. The number of hydrogen-bond donors (Lipinski definition) is 0. The van der Waals surface area contributed by atoms with Gasteiger partial charge in [0.05, 0.1) is 6.04 Å². The smallest absolute Gasteiger partial charge is 0.410 e.